The van der Waals surface area contributed by atoms with E-state index in [9.17, 15) is 14.7 Å². The van der Waals surface area contributed by atoms with E-state index in [1.807, 2.05) is 56.3 Å². The van der Waals surface area contributed by atoms with Crippen LogP contribution in [0.15, 0.2) is 53.8 Å². The number of carbonyl (C=O) groups is 2. The van der Waals surface area contributed by atoms with E-state index in [2.05, 4.69) is 0 Å². The van der Waals surface area contributed by atoms with Crippen molar-refractivity contribution in [3.63, 3.8) is 0 Å². The van der Waals surface area contributed by atoms with Crippen molar-refractivity contribution < 1.29 is 24.2 Å². The summed E-state index contributed by atoms with van der Waals surface area (Å²) < 4.78 is 10.9. The van der Waals surface area contributed by atoms with Crippen LogP contribution < -0.4 is 0 Å². The lowest BCUT2D eigenvalue weighted by Gasteiger charge is -2.43. The highest BCUT2D eigenvalue weighted by Crippen LogP contribution is 2.49. The Bertz CT molecular complexity index is 1020. The van der Waals surface area contributed by atoms with Gasteiger partial charge >= 0.3 is 11.8 Å². The zero-order valence-electron chi connectivity index (χ0n) is 17.0. The van der Waals surface area contributed by atoms with Crippen LogP contribution in [0.3, 0.4) is 0 Å². The fourth-order valence-corrected chi connectivity index (χ4v) is 4.46. The van der Waals surface area contributed by atoms with Crippen LogP contribution in [0.4, 0.5) is 0 Å². The standard InChI is InChI=1S/C24H26O5/c1-4-28-22(26)24(27)12-18(17-10-9-15-7-5-6-8-16(15)11-17)21-19(25)13-23(2,3)14-20(21)29-24/h5-11,18,27H,4,12-14H2,1-3H3/t18-,24?/m0/s1. The molecular weight excluding hydrogens is 368 g/mol. The Morgan fingerprint density at radius 2 is 1.90 bits per heavy atom. The smallest absolute Gasteiger partial charge is 0.379 e. The molecule has 2 aromatic rings. The summed E-state index contributed by atoms with van der Waals surface area (Å²) in [5.41, 5.74) is 1.17. The highest BCUT2D eigenvalue weighted by molar-refractivity contribution is 5.99. The topological polar surface area (TPSA) is 72.8 Å². The quantitative estimate of drug-likeness (QED) is 0.789. The maximum atomic E-state index is 13.1. The lowest BCUT2D eigenvalue weighted by atomic mass is 9.70. The van der Waals surface area contributed by atoms with E-state index in [0.29, 0.717) is 24.2 Å². The third-order valence-corrected chi connectivity index (χ3v) is 5.77. The minimum Gasteiger partial charge on any atom is -0.461 e. The molecule has 1 N–H and O–H groups in total. The average molecular weight is 394 g/mol. The lowest BCUT2D eigenvalue weighted by molar-refractivity contribution is -0.225. The Labute approximate surface area is 170 Å². The summed E-state index contributed by atoms with van der Waals surface area (Å²) >= 11 is 0. The van der Waals surface area contributed by atoms with Gasteiger partial charge in [0.1, 0.15) is 5.76 Å². The number of hydrogen-bond donors (Lipinski definition) is 1. The second-order valence-electron chi connectivity index (χ2n) is 8.75. The van der Waals surface area contributed by atoms with Crippen molar-refractivity contribution in [1.82, 2.24) is 0 Å². The van der Waals surface area contributed by atoms with Gasteiger partial charge in [-0.05, 0) is 28.7 Å². The number of rotatable bonds is 3. The number of hydrogen-bond acceptors (Lipinski definition) is 5. The number of allylic oxidation sites excluding steroid dienone is 2. The number of carbonyl (C=O) groups excluding carboxylic acids is 2. The van der Waals surface area contributed by atoms with Gasteiger partial charge in [0, 0.05) is 30.8 Å². The maximum absolute atomic E-state index is 13.1. The molecule has 0 saturated heterocycles. The van der Waals surface area contributed by atoms with E-state index < -0.39 is 17.7 Å². The highest BCUT2D eigenvalue weighted by Gasteiger charge is 2.52. The number of benzene rings is 2. The number of esters is 1. The van der Waals surface area contributed by atoms with Gasteiger partial charge in [0.2, 0.25) is 0 Å². The van der Waals surface area contributed by atoms with Crippen molar-refractivity contribution in [3.05, 3.63) is 59.4 Å². The third-order valence-electron chi connectivity index (χ3n) is 5.77. The fraction of sp³-hybridized carbons (Fsp3) is 0.417. The Balaban J connectivity index is 1.84. The largest absolute Gasteiger partial charge is 0.461 e. The number of Topliss-reactive ketones (excluding diaryl/α,β-unsaturated/α-hetero) is 1. The molecule has 0 amide bonds. The lowest BCUT2D eigenvalue weighted by Crippen LogP contribution is -2.49. The van der Waals surface area contributed by atoms with Gasteiger partial charge in [-0.3, -0.25) is 4.79 Å². The molecule has 1 aliphatic carbocycles. The molecule has 0 bridgehead atoms. The van der Waals surface area contributed by atoms with Crippen LogP contribution in [0.1, 0.15) is 51.5 Å². The summed E-state index contributed by atoms with van der Waals surface area (Å²) in [6.07, 6.45) is 0.853. The molecule has 0 spiro atoms. The van der Waals surface area contributed by atoms with Gasteiger partial charge in [-0.15, -0.1) is 0 Å². The predicted molar refractivity (Wildman–Crippen MR) is 109 cm³/mol. The molecule has 1 heterocycles. The second kappa shape index (κ2) is 6.99. The number of aliphatic hydroxyl groups is 1. The molecule has 152 valence electrons. The highest BCUT2D eigenvalue weighted by atomic mass is 16.7. The molecule has 0 aromatic heterocycles. The first-order chi connectivity index (χ1) is 13.7. The first-order valence-corrected chi connectivity index (χ1v) is 10.1. The minimum absolute atomic E-state index is 0.0142. The minimum atomic E-state index is -2.10. The predicted octanol–water partition coefficient (Wildman–Crippen LogP) is 4.24. The van der Waals surface area contributed by atoms with Gasteiger partial charge in [0.25, 0.3) is 0 Å². The van der Waals surface area contributed by atoms with Crippen LogP contribution in [0.2, 0.25) is 0 Å². The maximum Gasteiger partial charge on any atom is 0.379 e. The van der Waals surface area contributed by atoms with E-state index in [-0.39, 0.29) is 24.2 Å². The third kappa shape index (κ3) is 3.55. The Kier molecular flexibility index (Phi) is 4.74. The van der Waals surface area contributed by atoms with E-state index in [1.54, 1.807) is 6.92 Å². The van der Waals surface area contributed by atoms with Crippen molar-refractivity contribution in [2.45, 2.75) is 51.7 Å². The molecular formula is C24H26O5. The first-order valence-electron chi connectivity index (χ1n) is 10.1. The van der Waals surface area contributed by atoms with E-state index in [4.69, 9.17) is 9.47 Å². The van der Waals surface area contributed by atoms with Crippen LogP contribution in [-0.4, -0.2) is 29.3 Å². The molecule has 5 heteroatoms. The monoisotopic (exact) mass is 394 g/mol. The van der Waals surface area contributed by atoms with Crippen molar-refractivity contribution in [2.75, 3.05) is 6.61 Å². The van der Waals surface area contributed by atoms with Crippen molar-refractivity contribution in [1.29, 1.82) is 0 Å². The summed E-state index contributed by atoms with van der Waals surface area (Å²) in [6, 6.07) is 14.0. The molecule has 4 rings (SSSR count). The van der Waals surface area contributed by atoms with Crippen LogP contribution in [-0.2, 0) is 19.1 Å². The molecule has 0 radical (unpaired) electrons. The van der Waals surface area contributed by atoms with Gasteiger partial charge in [0.15, 0.2) is 5.78 Å². The summed E-state index contributed by atoms with van der Waals surface area (Å²) in [6.45, 7) is 5.80. The van der Waals surface area contributed by atoms with E-state index in [0.717, 1.165) is 16.3 Å². The number of fused-ring (bicyclic) bond motifs is 1. The van der Waals surface area contributed by atoms with E-state index in [1.165, 1.54) is 0 Å². The van der Waals surface area contributed by atoms with Gasteiger partial charge < -0.3 is 14.6 Å². The summed E-state index contributed by atoms with van der Waals surface area (Å²) in [5, 5.41) is 13.2. The number of ketones is 1. The Morgan fingerprint density at radius 1 is 1.17 bits per heavy atom. The Morgan fingerprint density at radius 3 is 2.62 bits per heavy atom. The molecule has 1 unspecified atom stereocenters. The molecule has 29 heavy (non-hydrogen) atoms. The van der Waals surface area contributed by atoms with Crippen LogP contribution in [0.25, 0.3) is 10.8 Å². The van der Waals surface area contributed by atoms with Crippen molar-refractivity contribution in [2.24, 2.45) is 5.41 Å². The normalized spacial score (nSPS) is 26.1. The Hall–Kier alpha value is -2.66. The van der Waals surface area contributed by atoms with E-state index >= 15 is 0 Å². The van der Waals surface area contributed by atoms with Gasteiger partial charge in [-0.2, -0.15) is 0 Å². The summed E-state index contributed by atoms with van der Waals surface area (Å²) in [7, 11) is 0. The summed E-state index contributed by atoms with van der Waals surface area (Å²) in [4.78, 5) is 25.6. The molecule has 1 aliphatic heterocycles. The SMILES string of the molecule is CCOC(=O)C1(O)C[C@@H](c2ccc3ccccc3c2)C2=C(CC(C)(C)CC2=O)O1. The van der Waals surface area contributed by atoms with Gasteiger partial charge in [-0.25, -0.2) is 4.79 Å². The average Bonchev–Trinajstić information content (AvgIpc) is 2.65. The number of ether oxygens (including phenoxy) is 2. The fourth-order valence-electron chi connectivity index (χ4n) is 4.46. The first kappa shape index (κ1) is 19.6. The van der Waals surface area contributed by atoms with Crippen molar-refractivity contribution >= 4 is 22.5 Å². The molecule has 2 atom stereocenters. The van der Waals surface area contributed by atoms with Crippen LogP contribution in [0, 0.1) is 5.41 Å². The zero-order valence-corrected chi connectivity index (χ0v) is 17.0. The van der Waals surface area contributed by atoms with Crippen molar-refractivity contribution in [3.8, 4) is 0 Å². The molecule has 5 nitrogen and oxygen atoms in total. The molecule has 0 saturated carbocycles. The van der Waals surface area contributed by atoms with Crippen LogP contribution >= 0.6 is 0 Å². The second-order valence-corrected chi connectivity index (χ2v) is 8.75. The van der Waals surface area contributed by atoms with Crippen LogP contribution in [0.5, 0.6) is 0 Å². The van der Waals surface area contributed by atoms with Gasteiger partial charge in [-0.1, -0.05) is 56.3 Å². The molecule has 2 aliphatic rings. The summed E-state index contributed by atoms with van der Waals surface area (Å²) in [5.74, 6) is -2.92. The molecule has 0 fully saturated rings. The molecule has 2 aromatic carbocycles. The zero-order chi connectivity index (χ0) is 20.8. The van der Waals surface area contributed by atoms with Gasteiger partial charge in [0.05, 0.1) is 6.61 Å².